The third-order valence-electron chi connectivity index (χ3n) is 9.53. The molecule has 0 fully saturated rings. The molecule has 0 unspecified atom stereocenters. The molecule has 0 saturated heterocycles. The molecule has 3 heterocycles. The quantitative estimate of drug-likeness (QED) is 0.0668. The Hall–Kier alpha value is -5.24. The Morgan fingerprint density at radius 3 is 1.57 bits per heavy atom. The number of nitrogens with zero attached hydrogens (tertiary/aromatic N) is 8. The first-order valence-corrected chi connectivity index (χ1v) is 16.8. The molecule has 0 N–H and O–H groups in total. The molecular weight excluding hydrogens is 580 g/mol. The van der Waals surface area contributed by atoms with Crippen LogP contribution in [0.25, 0.3) is 22.1 Å². The lowest BCUT2D eigenvalue weighted by atomic mass is 10.1. The number of rotatable bonds is 11. The van der Waals surface area contributed by atoms with Crippen LogP contribution in [0.4, 0.5) is 22.7 Å². The summed E-state index contributed by atoms with van der Waals surface area (Å²) in [6, 6.07) is 34.7. The Kier molecular flexibility index (Phi) is 8.57. The van der Waals surface area contributed by atoms with E-state index in [0.29, 0.717) is 0 Å². The van der Waals surface area contributed by atoms with Gasteiger partial charge in [-0.1, -0.05) is 61.9 Å². The molecule has 0 amide bonds. The Balaban J connectivity index is 1.11. The fourth-order valence-electron chi connectivity index (χ4n) is 7.08. The molecule has 47 heavy (non-hydrogen) atoms. The molecule has 0 spiro atoms. The Morgan fingerprint density at radius 1 is 0.553 bits per heavy atom. The van der Waals surface area contributed by atoms with Crippen molar-refractivity contribution in [3.63, 3.8) is 0 Å². The van der Waals surface area contributed by atoms with Gasteiger partial charge in [0.2, 0.25) is 0 Å². The zero-order valence-corrected chi connectivity index (χ0v) is 27.9. The lowest BCUT2D eigenvalue weighted by Crippen LogP contribution is -2.33. The smallest absolute Gasteiger partial charge is 0.302 e. The van der Waals surface area contributed by atoms with Crippen LogP contribution in [0.2, 0.25) is 0 Å². The summed E-state index contributed by atoms with van der Waals surface area (Å²) in [5.74, 6) is 2.02. The molecule has 8 nitrogen and oxygen atoms in total. The summed E-state index contributed by atoms with van der Waals surface area (Å²) in [4.78, 5) is 5.02. The number of benzene rings is 4. The van der Waals surface area contributed by atoms with Crippen LogP contribution in [0.15, 0.2) is 107 Å². The molecule has 0 bridgehead atoms. The van der Waals surface area contributed by atoms with Crippen LogP contribution < -0.4 is 18.9 Å². The normalized spacial score (nSPS) is 13.0. The molecule has 0 saturated carbocycles. The Morgan fingerprint density at radius 2 is 1.00 bits per heavy atom. The van der Waals surface area contributed by atoms with Crippen molar-refractivity contribution in [1.82, 2.24) is 9.13 Å². The second-order valence-corrected chi connectivity index (χ2v) is 12.4. The SMILES string of the molecule is CCCCN1c2ccccc2N(CCCCn2c(/C=N/N=C/c3n(C)c4ccccc4[n+]3C)[n+](C)c3ccccc32)c2ccccc21. The number of unbranched alkanes of at least 4 members (excludes halogenated alkanes) is 2. The third-order valence-corrected chi connectivity index (χ3v) is 9.53. The van der Waals surface area contributed by atoms with Gasteiger partial charge in [0, 0.05) is 13.1 Å². The molecule has 0 aliphatic carbocycles. The van der Waals surface area contributed by atoms with Crippen LogP contribution in [-0.4, -0.2) is 34.7 Å². The summed E-state index contributed by atoms with van der Waals surface area (Å²) in [6.07, 6.45) is 8.17. The van der Waals surface area contributed by atoms with Crippen molar-refractivity contribution in [2.45, 2.75) is 39.2 Å². The minimum atomic E-state index is 0.893. The monoisotopic (exact) mass is 624 g/mol. The van der Waals surface area contributed by atoms with Gasteiger partial charge in [0.15, 0.2) is 22.1 Å². The summed E-state index contributed by atoms with van der Waals surface area (Å²) in [5, 5.41) is 9.05. The maximum atomic E-state index is 4.55. The molecule has 7 rings (SSSR count). The number of anilines is 4. The van der Waals surface area contributed by atoms with Gasteiger partial charge >= 0.3 is 11.6 Å². The van der Waals surface area contributed by atoms with E-state index in [4.69, 9.17) is 0 Å². The van der Waals surface area contributed by atoms with Crippen molar-refractivity contribution in [3.8, 4) is 0 Å². The highest BCUT2D eigenvalue weighted by Crippen LogP contribution is 2.47. The number of aryl methyl sites for hydroxylation is 4. The van der Waals surface area contributed by atoms with Crippen LogP contribution >= 0.6 is 0 Å². The molecule has 0 atom stereocenters. The highest BCUT2D eigenvalue weighted by Gasteiger charge is 2.28. The molecule has 8 heteroatoms. The van der Waals surface area contributed by atoms with E-state index in [1.165, 1.54) is 46.6 Å². The second kappa shape index (κ2) is 13.2. The van der Waals surface area contributed by atoms with Crippen molar-refractivity contribution in [2.24, 2.45) is 31.3 Å². The predicted octanol–water partition coefficient (Wildman–Crippen LogP) is 7.11. The minimum absolute atomic E-state index is 0.893. The van der Waals surface area contributed by atoms with Crippen molar-refractivity contribution in [3.05, 3.63) is 109 Å². The summed E-state index contributed by atoms with van der Waals surface area (Å²) in [5.41, 5.74) is 9.92. The van der Waals surface area contributed by atoms with Gasteiger partial charge in [-0.2, -0.15) is 10.2 Å². The van der Waals surface area contributed by atoms with E-state index in [9.17, 15) is 0 Å². The van der Waals surface area contributed by atoms with E-state index >= 15 is 0 Å². The van der Waals surface area contributed by atoms with Gasteiger partial charge < -0.3 is 9.80 Å². The number of aromatic nitrogens is 4. The van der Waals surface area contributed by atoms with Crippen LogP contribution in [0.3, 0.4) is 0 Å². The fourth-order valence-corrected chi connectivity index (χ4v) is 7.08. The van der Waals surface area contributed by atoms with E-state index < -0.39 is 0 Å². The molecule has 1 aliphatic rings. The Labute approximate surface area is 277 Å². The minimum Gasteiger partial charge on any atom is -0.338 e. The van der Waals surface area contributed by atoms with E-state index in [2.05, 4.69) is 163 Å². The number of fused-ring (bicyclic) bond motifs is 4. The van der Waals surface area contributed by atoms with Crippen molar-refractivity contribution >= 4 is 57.2 Å². The summed E-state index contributed by atoms with van der Waals surface area (Å²) in [6.45, 7) is 5.14. The summed E-state index contributed by atoms with van der Waals surface area (Å²) < 4.78 is 8.89. The van der Waals surface area contributed by atoms with E-state index in [1.807, 2.05) is 12.4 Å². The van der Waals surface area contributed by atoms with Crippen LogP contribution in [0, 0.1) is 0 Å². The first kappa shape index (κ1) is 30.4. The first-order chi connectivity index (χ1) is 23.1. The molecule has 6 aromatic rings. The molecule has 4 aromatic carbocycles. The highest BCUT2D eigenvalue weighted by molar-refractivity contribution is 5.93. The van der Waals surface area contributed by atoms with Crippen molar-refractivity contribution in [1.29, 1.82) is 0 Å². The Bertz CT molecular complexity index is 2010. The van der Waals surface area contributed by atoms with E-state index in [1.54, 1.807) is 0 Å². The molecule has 238 valence electrons. The van der Waals surface area contributed by atoms with Gasteiger partial charge in [-0.3, -0.25) is 0 Å². The largest absolute Gasteiger partial charge is 0.338 e. The lowest BCUT2D eigenvalue weighted by Gasteiger charge is -2.40. The molecular formula is C39H44N8+2. The maximum Gasteiger partial charge on any atom is 0.302 e. The predicted molar refractivity (Wildman–Crippen MR) is 193 cm³/mol. The van der Waals surface area contributed by atoms with Gasteiger partial charge in [0.25, 0.3) is 0 Å². The van der Waals surface area contributed by atoms with Crippen molar-refractivity contribution < 1.29 is 9.13 Å². The van der Waals surface area contributed by atoms with E-state index in [0.717, 1.165) is 55.2 Å². The molecule has 1 aliphatic heterocycles. The zero-order chi connectivity index (χ0) is 32.3. The summed E-state index contributed by atoms with van der Waals surface area (Å²) >= 11 is 0. The van der Waals surface area contributed by atoms with Gasteiger partial charge in [0.1, 0.15) is 12.4 Å². The average molecular weight is 625 g/mol. The standard InChI is InChI=1S/C39H44N8/c1-5-6-25-45-34-21-11-13-23-36(34)46(37-24-14-12-22-35(37)45)26-15-16-27-47-33-20-10-9-19-32(33)44(4)39(47)29-41-40-28-38-42(2)30-17-7-8-18-31(30)43(38)3/h7-14,17-24,28-29H,5-6,15-16,25-27H2,1-4H3/q+2. The van der Waals surface area contributed by atoms with Gasteiger partial charge in [-0.25, -0.2) is 18.3 Å². The second-order valence-electron chi connectivity index (χ2n) is 12.4. The zero-order valence-electron chi connectivity index (χ0n) is 27.9. The van der Waals surface area contributed by atoms with Gasteiger partial charge in [0.05, 0.1) is 50.4 Å². The number of hydrogen-bond donors (Lipinski definition) is 0. The van der Waals surface area contributed by atoms with Crippen LogP contribution in [0.5, 0.6) is 0 Å². The van der Waals surface area contributed by atoms with Gasteiger partial charge in [-0.15, -0.1) is 0 Å². The topological polar surface area (TPSA) is 48.8 Å². The fraction of sp³-hybridized carbons (Fsp3) is 0.282. The van der Waals surface area contributed by atoms with Gasteiger partial charge in [-0.05, 0) is 67.8 Å². The van der Waals surface area contributed by atoms with Crippen LogP contribution in [-0.2, 0) is 27.7 Å². The van der Waals surface area contributed by atoms with Crippen LogP contribution in [0.1, 0.15) is 44.3 Å². The van der Waals surface area contributed by atoms with Crippen molar-refractivity contribution in [2.75, 3.05) is 22.9 Å². The highest BCUT2D eigenvalue weighted by atomic mass is 15.3. The summed E-state index contributed by atoms with van der Waals surface area (Å²) in [7, 11) is 6.24. The average Bonchev–Trinajstić information content (AvgIpc) is 3.52. The molecule has 0 radical (unpaired) electrons. The number of hydrogen-bond acceptors (Lipinski definition) is 4. The third kappa shape index (κ3) is 5.58. The first-order valence-electron chi connectivity index (χ1n) is 16.8. The lowest BCUT2D eigenvalue weighted by molar-refractivity contribution is -0.646. The molecule has 2 aromatic heterocycles. The van der Waals surface area contributed by atoms with E-state index in [-0.39, 0.29) is 0 Å². The maximum absolute atomic E-state index is 4.55. The number of para-hydroxylation sites is 8. The number of imidazole rings is 2.